The quantitative estimate of drug-likeness (QED) is 0.336. The molecule has 4 rings (SSSR count). The van der Waals surface area contributed by atoms with E-state index < -0.39 is 23.1 Å². The molecular weight excluding hydrogens is 552 g/mol. The molecule has 3 heterocycles. The van der Waals surface area contributed by atoms with E-state index >= 15 is 0 Å². The van der Waals surface area contributed by atoms with E-state index in [0.29, 0.717) is 37.5 Å². The number of esters is 1. The summed E-state index contributed by atoms with van der Waals surface area (Å²) in [6, 6.07) is 8.87. The van der Waals surface area contributed by atoms with Crippen LogP contribution in [0.15, 0.2) is 36.5 Å². The SMILES string of the molecule is CCOC(=O)c1cc2cnc(Nc3ccc(N4CCN(C(=O)OC(C)(C)C)CC4)cc3)nc2nc1NC(=O)NC(C)(C)C. The number of carbonyl (C=O) groups is 3. The molecule has 0 unspecified atom stereocenters. The van der Waals surface area contributed by atoms with Gasteiger partial charge in [-0.2, -0.15) is 4.98 Å². The number of nitrogens with zero attached hydrogens (tertiary/aromatic N) is 5. The number of urea groups is 1. The van der Waals surface area contributed by atoms with Crippen molar-refractivity contribution >= 4 is 52.3 Å². The van der Waals surface area contributed by atoms with Crippen molar-refractivity contribution in [1.82, 2.24) is 25.2 Å². The van der Waals surface area contributed by atoms with Gasteiger partial charge in [0.15, 0.2) is 11.5 Å². The molecule has 1 fully saturated rings. The molecular formula is C30H40N8O5. The largest absolute Gasteiger partial charge is 0.462 e. The molecule has 0 atom stereocenters. The van der Waals surface area contributed by atoms with Gasteiger partial charge in [0.2, 0.25) is 5.95 Å². The molecule has 13 heteroatoms. The van der Waals surface area contributed by atoms with Crippen LogP contribution in [-0.2, 0) is 9.47 Å². The summed E-state index contributed by atoms with van der Waals surface area (Å²) in [6.45, 7) is 15.6. The predicted molar refractivity (Wildman–Crippen MR) is 165 cm³/mol. The standard InChI is InChI=1S/C30H40N8O5/c1-8-42-25(39)22-17-19-18-31-26(34-23(19)33-24(22)35-27(40)36-29(2,3)4)32-20-9-11-21(12-10-20)37-13-15-38(16-14-37)28(41)43-30(5,6)7/h9-12,17-18H,8,13-16H2,1-7H3,(H3,31,32,33,34,35,36,40). The van der Waals surface area contributed by atoms with E-state index in [1.165, 1.54) is 0 Å². The van der Waals surface area contributed by atoms with Gasteiger partial charge in [0.05, 0.1) is 6.61 Å². The fourth-order valence-electron chi connectivity index (χ4n) is 4.32. The van der Waals surface area contributed by atoms with Crippen molar-refractivity contribution in [3.8, 4) is 0 Å². The maximum absolute atomic E-state index is 12.6. The van der Waals surface area contributed by atoms with Crippen LogP contribution in [0.1, 0.15) is 58.8 Å². The zero-order valence-corrected chi connectivity index (χ0v) is 25.8. The molecule has 0 bridgehead atoms. The number of carbonyl (C=O) groups excluding carboxylic acids is 3. The van der Waals surface area contributed by atoms with Gasteiger partial charge in [-0.15, -0.1) is 0 Å². The first-order valence-electron chi connectivity index (χ1n) is 14.2. The summed E-state index contributed by atoms with van der Waals surface area (Å²) in [5.74, 6) is -0.280. The van der Waals surface area contributed by atoms with Gasteiger partial charge in [-0.1, -0.05) is 0 Å². The molecule has 1 saturated heterocycles. The maximum atomic E-state index is 12.6. The molecule has 1 aliphatic heterocycles. The third-order valence-electron chi connectivity index (χ3n) is 6.20. The smallest absolute Gasteiger partial charge is 0.410 e. The van der Waals surface area contributed by atoms with Crippen LogP contribution < -0.4 is 20.9 Å². The van der Waals surface area contributed by atoms with E-state index in [0.717, 1.165) is 11.4 Å². The fraction of sp³-hybridized carbons (Fsp3) is 0.467. The van der Waals surface area contributed by atoms with E-state index in [2.05, 4.69) is 35.8 Å². The van der Waals surface area contributed by atoms with Crippen molar-refractivity contribution in [3.63, 3.8) is 0 Å². The van der Waals surface area contributed by atoms with Crippen molar-refractivity contribution in [2.45, 2.75) is 59.6 Å². The first-order valence-corrected chi connectivity index (χ1v) is 14.2. The number of fused-ring (bicyclic) bond motifs is 1. The lowest BCUT2D eigenvalue weighted by atomic mass is 10.1. The van der Waals surface area contributed by atoms with Crippen molar-refractivity contribution < 1.29 is 23.9 Å². The molecule has 1 aliphatic rings. The van der Waals surface area contributed by atoms with Crippen LogP contribution in [0.3, 0.4) is 0 Å². The summed E-state index contributed by atoms with van der Waals surface area (Å²) < 4.78 is 10.6. The summed E-state index contributed by atoms with van der Waals surface area (Å²) >= 11 is 0. The lowest BCUT2D eigenvalue weighted by Crippen LogP contribution is -2.50. The van der Waals surface area contributed by atoms with Gasteiger partial charge in [0.1, 0.15) is 11.2 Å². The van der Waals surface area contributed by atoms with Crippen LogP contribution in [0.4, 0.5) is 32.7 Å². The Balaban J connectivity index is 1.46. The van der Waals surface area contributed by atoms with Gasteiger partial charge in [-0.25, -0.2) is 24.4 Å². The minimum Gasteiger partial charge on any atom is -0.462 e. The number of nitrogens with one attached hydrogen (secondary N) is 3. The molecule has 43 heavy (non-hydrogen) atoms. The summed E-state index contributed by atoms with van der Waals surface area (Å²) in [5, 5.41) is 9.12. The van der Waals surface area contributed by atoms with E-state index in [9.17, 15) is 14.4 Å². The first kappa shape index (κ1) is 31.3. The number of pyridine rings is 1. The second-order valence-electron chi connectivity index (χ2n) is 12.2. The Bertz CT molecular complexity index is 1470. The second kappa shape index (κ2) is 12.7. The highest BCUT2D eigenvalue weighted by atomic mass is 16.6. The summed E-state index contributed by atoms with van der Waals surface area (Å²) in [4.78, 5) is 54.8. The lowest BCUT2D eigenvalue weighted by Gasteiger charge is -2.36. The Labute approximate surface area is 251 Å². The van der Waals surface area contributed by atoms with E-state index in [1.54, 1.807) is 24.1 Å². The number of piperazine rings is 1. The zero-order chi connectivity index (χ0) is 31.4. The topological polar surface area (TPSA) is 151 Å². The fourth-order valence-corrected chi connectivity index (χ4v) is 4.32. The summed E-state index contributed by atoms with van der Waals surface area (Å²) in [7, 11) is 0. The Hall–Kier alpha value is -4.68. The molecule has 230 valence electrons. The van der Waals surface area contributed by atoms with Crippen LogP contribution >= 0.6 is 0 Å². The predicted octanol–water partition coefficient (Wildman–Crippen LogP) is 4.92. The Morgan fingerprint density at radius 1 is 0.953 bits per heavy atom. The number of amides is 3. The Kier molecular flexibility index (Phi) is 9.22. The minimum atomic E-state index is -0.614. The lowest BCUT2D eigenvalue weighted by molar-refractivity contribution is 0.0240. The third kappa shape index (κ3) is 8.66. The van der Waals surface area contributed by atoms with Crippen LogP contribution in [0.5, 0.6) is 0 Å². The number of aromatic nitrogens is 3. The minimum absolute atomic E-state index is 0.0356. The van der Waals surface area contributed by atoms with E-state index in [4.69, 9.17) is 9.47 Å². The van der Waals surface area contributed by atoms with E-state index in [-0.39, 0.29) is 29.7 Å². The zero-order valence-electron chi connectivity index (χ0n) is 25.8. The van der Waals surface area contributed by atoms with Gasteiger partial charge in [0.25, 0.3) is 0 Å². The Morgan fingerprint density at radius 3 is 2.23 bits per heavy atom. The number of hydrogen-bond donors (Lipinski definition) is 3. The van der Waals surface area contributed by atoms with Crippen molar-refractivity contribution in [2.75, 3.05) is 48.3 Å². The van der Waals surface area contributed by atoms with Crippen LogP contribution in [0.25, 0.3) is 11.0 Å². The third-order valence-corrected chi connectivity index (χ3v) is 6.20. The van der Waals surface area contributed by atoms with Crippen molar-refractivity contribution in [3.05, 3.63) is 42.1 Å². The average Bonchev–Trinajstić information content (AvgIpc) is 2.91. The van der Waals surface area contributed by atoms with Gasteiger partial charge >= 0.3 is 18.1 Å². The molecule has 1 aromatic carbocycles. The van der Waals surface area contributed by atoms with Gasteiger partial charge in [-0.3, -0.25) is 5.32 Å². The monoisotopic (exact) mass is 592 g/mol. The highest BCUT2D eigenvalue weighted by Gasteiger charge is 2.26. The van der Waals surface area contributed by atoms with Crippen LogP contribution in [0, 0.1) is 0 Å². The highest BCUT2D eigenvalue weighted by molar-refractivity contribution is 6.02. The highest BCUT2D eigenvalue weighted by Crippen LogP contribution is 2.24. The molecule has 2 aromatic heterocycles. The molecule has 0 saturated carbocycles. The van der Waals surface area contributed by atoms with E-state index in [1.807, 2.05) is 65.8 Å². The van der Waals surface area contributed by atoms with Gasteiger partial charge in [0, 0.05) is 54.7 Å². The molecule has 3 aromatic rings. The summed E-state index contributed by atoms with van der Waals surface area (Å²) in [5.41, 5.74) is 1.18. The molecule has 0 radical (unpaired) electrons. The number of hydrogen-bond acceptors (Lipinski definition) is 10. The Morgan fingerprint density at radius 2 is 1.63 bits per heavy atom. The molecule has 0 aliphatic carbocycles. The van der Waals surface area contributed by atoms with Gasteiger partial charge < -0.3 is 29.9 Å². The molecule has 3 N–H and O–H groups in total. The number of benzene rings is 1. The first-order chi connectivity index (χ1) is 20.2. The van der Waals surface area contributed by atoms with Crippen molar-refractivity contribution in [1.29, 1.82) is 0 Å². The van der Waals surface area contributed by atoms with Crippen LogP contribution in [0.2, 0.25) is 0 Å². The molecule has 0 spiro atoms. The van der Waals surface area contributed by atoms with Crippen LogP contribution in [-0.4, -0.2) is 81.9 Å². The molecule has 13 nitrogen and oxygen atoms in total. The van der Waals surface area contributed by atoms with Crippen molar-refractivity contribution in [2.24, 2.45) is 0 Å². The summed E-state index contributed by atoms with van der Waals surface area (Å²) in [6.07, 6.45) is 1.27. The second-order valence-corrected chi connectivity index (χ2v) is 12.2. The average molecular weight is 593 g/mol. The van der Waals surface area contributed by atoms with Gasteiger partial charge in [-0.05, 0) is 78.8 Å². The maximum Gasteiger partial charge on any atom is 0.410 e. The normalized spacial score (nSPS) is 13.8. The number of rotatable bonds is 6. The molecule has 3 amide bonds. The number of anilines is 4. The number of ether oxygens (including phenoxy) is 2.